The summed E-state index contributed by atoms with van der Waals surface area (Å²) in [6.07, 6.45) is 4.22. The Morgan fingerprint density at radius 3 is 2.44 bits per heavy atom. The summed E-state index contributed by atoms with van der Waals surface area (Å²) in [5.41, 5.74) is 6.49. The van der Waals surface area contributed by atoms with E-state index in [0.717, 1.165) is 44.5 Å². The van der Waals surface area contributed by atoms with E-state index >= 15 is 0 Å². The number of carbonyl (C=O) groups is 2. The highest BCUT2D eigenvalue weighted by molar-refractivity contribution is 5.83. The number of rotatable bonds is 7. The SMILES string of the molecule is CCOc1ccc(CCC2CCN(C(=O)CN(C)C(N)=O)CC2)cc1. The maximum atomic E-state index is 12.1. The summed E-state index contributed by atoms with van der Waals surface area (Å²) < 4.78 is 5.46. The maximum absolute atomic E-state index is 12.1. The molecule has 0 radical (unpaired) electrons. The van der Waals surface area contributed by atoms with E-state index in [1.165, 1.54) is 10.5 Å². The normalized spacial score (nSPS) is 15.0. The molecule has 1 aromatic rings. The average Bonchev–Trinajstić information content (AvgIpc) is 2.61. The van der Waals surface area contributed by atoms with Crippen molar-refractivity contribution in [3.63, 3.8) is 0 Å². The summed E-state index contributed by atoms with van der Waals surface area (Å²) >= 11 is 0. The van der Waals surface area contributed by atoms with Gasteiger partial charge in [-0.1, -0.05) is 12.1 Å². The Balaban J connectivity index is 1.71. The van der Waals surface area contributed by atoms with E-state index in [1.807, 2.05) is 24.0 Å². The van der Waals surface area contributed by atoms with Crippen molar-refractivity contribution in [2.75, 3.05) is 33.3 Å². The predicted molar refractivity (Wildman–Crippen MR) is 97.4 cm³/mol. The summed E-state index contributed by atoms with van der Waals surface area (Å²) in [4.78, 5) is 26.3. The lowest BCUT2D eigenvalue weighted by Gasteiger charge is -2.33. The van der Waals surface area contributed by atoms with Gasteiger partial charge in [0, 0.05) is 20.1 Å². The molecule has 0 spiro atoms. The number of hydrogen-bond acceptors (Lipinski definition) is 3. The fraction of sp³-hybridized carbons (Fsp3) is 0.579. The van der Waals surface area contributed by atoms with Crippen LogP contribution in [0.15, 0.2) is 24.3 Å². The first-order chi connectivity index (χ1) is 12.0. The van der Waals surface area contributed by atoms with Crippen LogP contribution in [0.2, 0.25) is 0 Å². The molecule has 6 heteroatoms. The van der Waals surface area contributed by atoms with Gasteiger partial charge in [0.2, 0.25) is 5.91 Å². The molecule has 1 fully saturated rings. The molecule has 0 bridgehead atoms. The zero-order chi connectivity index (χ0) is 18.2. The summed E-state index contributed by atoms with van der Waals surface area (Å²) in [6.45, 7) is 4.26. The molecule has 3 amide bonds. The number of likely N-dealkylation sites (tertiary alicyclic amines) is 1. The number of ether oxygens (including phenoxy) is 1. The molecule has 1 aliphatic heterocycles. The zero-order valence-electron chi connectivity index (χ0n) is 15.2. The van der Waals surface area contributed by atoms with Crippen LogP contribution in [0.5, 0.6) is 5.75 Å². The van der Waals surface area contributed by atoms with Crippen LogP contribution in [0.25, 0.3) is 0 Å². The Hall–Kier alpha value is -2.24. The Morgan fingerprint density at radius 2 is 1.88 bits per heavy atom. The fourth-order valence-corrected chi connectivity index (χ4v) is 3.14. The largest absolute Gasteiger partial charge is 0.494 e. The van der Waals surface area contributed by atoms with Gasteiger partial charge in [0.15, 0.2) is 0 Å². The second kappa shape index (κ2) is 9.30. The first-order valence-electron chi connectivity index (χ1n) is 8.99. The number of amides is 3. The smallest absolute Gasteiger partial charge is 0.314 e. The number of aryl methyl sites for hydroxylation is 1. The molecule has 6 nitrogen and oxygen atoms in total. The first kappa shape index (κ1) is 19.1. The van der Waals surface area contributed by atoms with Crippen LogP contribution in [0, 0.1) is 5.92 Å². The van der Waals surface area contributed by atoms with Crippen molar-refractivity contribution >= 4 is 11.9 Å². The summed E-state index contributed by atoms with van der Waals surface area (Å²) in [5, 5.41) is 0. The predicted octanol–water partition coefficient (Wildman–Crippen LogP) is 2.27. The standard InChI is InChI=1S/C19H29N3O3/c1-3-25-17-8-6-15(7-9-17)4-5-16-10-12-22(13-11-16)18(23)14-21(2)19(20)24/h6-9,16H,3-5,10-14H2,1-2H3,(H2,20,24). The number of nitrogens with two attached hydrogens (primary N) is 1. The van der Waals surface area contributed by atoms with Crippen LogP contribution in [0.4, 0.5) is 4.79 Å². The van der Waals surface area contributed by atoms with E-state index in [1.54, 1.807) is 7.05 Å². The van der Waals surface area contributed by atoms with Crippen LogP contribution in [-0.4, -0.2) is 55.0 Å². The van der Waals surface area contributed by atoms with Gasteiger partial charge in [-0.3, -0.25) is 4.79 Å². The van der Waals surface area contributed by atoms with Crippen molar-refractivity contribution in [1.82, 2.24) is 9.80 Å². The third-order valence-electron chi connectivity index (χ3n) is 4.79. The molecule has 1 heterocycles. The topological polar surface area (TPSA) is 75.9 Å². The van der Waals surface area contributed by atoms with Crippen LogP contribution in [-0.2, 0) is 11.2 Å². The zero-order valence-corrected chi connectivity index (χ0v) is 15.2. The highest BCUT2D eigenvalue weighted by Crippen LogP contribution is 2.23. The van der Waals surface area contributed by atoms with E-state index in [9.17, 15) is 9.59 Å². The number of primary amides is 1. The molecule has 25 heavy (non-hydrogen) atoms. The van der Waals surface area contributed by atoms with Gasteiger partial charge in [-0.25, -0.2) is 4.79 Å². The van der Waals surface area contributed by atoms with Gasteiger partial charge in [-0.2, -0.15) is 0 Å². The van der Waals surface area contributed by atoms with E-state index < -0.39 is 6.03 Å². The summed E-state index contributed by atoms with van der Waals surface area (Å²) in [7, 11) is 1.55. The molecule has 0 unspecified atom stereocenters. The number of likely N-dealkylation sites (N-methyl/N-ethyl adjacent to an activating group) is 1. The van der Waals surface area contributed by atoms with Crippen molar-refractivity contribution in [2.24, 2.45) is 11.7 Å². The second-order valence-corrected chi connectivity index (χ2v) is 6.63. The highest BCUT2D eigenvalue weighted by Gasteiger charge is 2.23. The minimum atomic E-state index is -0.571. The monoisotopic (exact) mass is 347 g/mol. The van der Waals surface area contributed by atoms with Gasteiger partial charge < -0.3 is 20.3 Å². The number of urea groups is 1. The van der Waals surface area contributed by atoms with E-state index in [2.05, 4.69) is 12.1 Å². The number of piperidine rings is 1. The third kappa shape index (κ3) is 5.96. The molecular formula is C19H29N3O3. The molecule has 2 rings (SSSR count). The van der Waals surface area contributed by atoms with E-state index in [0.29, 0.717) is 12.5 Å². The van der Waals surface area contributed by atoms with Gasteiger partial charge >= 0.3 is 6.03 Å². The molecule has 0 aliphatic carbocycles. The van der Waals surface area contributed by atoms with Crippen molar-refractivity contribution in [3.05, 3.63) is 29.8 Å². The number of benzene rings is 1. The Kier molecular flexibility index (Phi) is 7.10. The van der Waals surface area contributed by atoms with Gasteiger partial charge in [0.1, 0.15) is 12.3 Å². The van der Waals surface area contributed by atoms with Crippen molar-refractivity contribution in [3.8, 4) is 5.75 Å². The quantitative estimate of drug-likeness (QED) is 0.822. The third-order valence-corrected chi connectivity index (χ3v) is 4.79. The lowest BCUT2D eigenvalue weighted by atomic mass is 9.90. The van der Waals surface area contributed by atoms with Gasteiger partial charge in [0.05, 0.1) is 6.61 Å². The molecule has 1 aliphatic rings. The van der Waals surface area contributed by atoms with Crippen LogP contribution < -0.4 is 10.5 Å². The second-order valence-electron chi connectivity index (χ2n) is 6.63. The summed E-state index contributed by atoms with van der Waals surface area (Å²) in [5.74, 6) is 1.54. The van der Waals surface area contributed by atoms with Gasteiger partial charge in [-0.15, -0.1) is 0 Å². The lowest BCUT2D eigenvalue weighted by Crippen LogP contribution is -2.45. The summed E-state index contributed by atoms with van der Waals surface area (Å²) in [6, 6.07) is 7.73. The van der Waals surface area contributed by atoms with Crippen molar-refractivity contribution in [1.29, 1.82) is 0 Å². The minimum Gasteiger partial charge on any atom is -0.494 e. The minimum absolute atomic E-state index is 0.0220. The number of hydrogen-bond donors (Lipinski definition) is 1. The first-order valence-corrected chi connectivity index (χ1v) is 8.99. The lowest BCUT2D eigenvalue weighted by molar-refractivity contribution is -0.132. The maximum Gasteiger partial charge on any atom is 0.314 e. The highest BCUT2D eigenvalue weighted by atomic mass is 16.5. The number of carbonyl (C=O) groups excluding carboxylic acids is 2. The fourth-order valence-electron chi connectivity index (χ4n) is 3.14. The van der Waals surface area contributed by atoms with Gasteiger partial charge in [0.25, 0.3) is 0 Å². The van der Waals surface area contributed by atoms with Crippen LogP contribution in [0.1, 0.15) is 31.7 Å². The Morgan fingerprint density at radius 1 is 1.24 bits per heavy atom. The molecule has 1 aromatic carbocycles. The van der Waals surface area contributed by atoms with Crippen molar-refractivity contribution < 1.29 is 14.3 Å². The molecule has 0 atom stereocenters. The number of nitrogens with zero attached hydrogens (tertiary/aromatic N) is 2. The molecule has 0 aromatic heterocycles. The van der Waals surface area contributed by atoms with E-state index in [4.69, 9.17) is 10.5 Å². The van der Waals surface area contributed by atoms with E-state index in [-0.39, 0.29) is 12.5 Å². The average molecular weight is 347 g/mol. The molecular weight excluding hydrogens is 318 g/mol. The van der Waals surface area contributed by atoms with Crippen molar-refractivity contribution in [2.45, 2.75) is 32.6 Å². The molecule has 1 saturated heterocycles. The van der Waals surface area contributed by atoms with Gasteiger partial charge in [-0.05, 0) is 56.2 Å². The van der Waals surface area contributed by atoms with Crippen LogP contribution >= 0.6 is 0 Å². The Bertz CT molecular complexity index is 566. The molecule has 0 saturated carbocycles. The molecule has 2 N–H and O–H groups in total. The Labute approximate surface area is 149 Å². The van der Waals surface area contributed by atoms with Crippen LogP contribution in [0.3, 0.4) is 0 Å². The molecule has 138 valence electrons.